The quantitative estimate of drug-likeness (QED) is 0.254. The molecule has 3 heterocycles. The molecule has 0 saturated carbocycles. The van der Waals surface area contributed by atoms with Crippen molar-refractivity contribution < 1.29 is 33.8 Å². The van der Waals surface area contributed by atoms with Gasteiger partial charge in [0, 0.05) is 71.8 Å². The predicted molar refractivity (Wildman–Crippen MR) is 185 cm³/mol. The molecule has 48 heavy (non-hydrogen) atoms. The molecule has 1 aromatic carbocycles. The Bertz CT molecular complexity index is 1180. The van der Waals surface area contributed by atoms with Crippen LogP contribution in [-0.2, 0) is 14.2 Å². The van der Waals surface area contributed by atoms with Crippen LogP contribution >= 0.6 is 0 Å². The molecule has 3 aliphatic rings. The molecule has 0 aromatic heterocycles. The topological polar surface area (TPSA) is 109 Å². The van der Waals surface area contributed by atoms with Crippen molar-refractivity contribution in [3.63, 3.8) is 0 Å². The number of hydroxylamine groups is 2. The number of ether oxygens (including phenoxy) is 3. The molecule has 3 fully saturated rings. The van der Waals surface area contributed by atoms with Crippen LogP contribution in [0, 0.1) is 0 Å². The van der Waals surface area contributed by atoms with Crippen LogP contribution < -0.4 is 0 Å². The van der Waals surface area contributed by atoms with Crippen molar-refractivity contribution in [1.82, 2.24) is 14.9 Å². The molecule has 0 aliphatic carbocycles. The number of rotatable bonds is 6. The first-order valence-electron chi connectivity index (χ1n) is 17.4. The van der Waals surface area contributed by atoms with Crippen molar-refractivity contribution in [2.45, 2.75) is 173 Å². The van der Waals surface area contributed by atoms with Crippen LogP contribution in [0.5, 0.6) is 0 Å². The van der Waals surface area contributed by atoms with Crippen LogP contribution in [0.2, 0.25) is 0 Å². The summed E-state index contributed by atoms with van der Waals surface area (Å²) in [5, 5.41) is 12.1. The highest BCUT2D eigenvalue weighted by Crippen LogP contribution is 2.41. The number of hydrogen-bond donors (Lipinski definition) is 1. The zero-order valence-electron chi connectivity index (χ0n) is 31.9. The molecular weight excluding hydrogens is 610 g/mol. The third-order valence-corrected chi connectivity index (χ3v) is 11.6. The second-order valence-electron chi connectivity index (χ2n) is 18.4. The molecule has 0 spiro atoms. The van der Waals surface area contributed by atoms with Crippen molar-refractivity contribution in [3.05, 3.63) is 34.9 Å². The van der Waals surface area contributed by atoms with Gasteiger partial charge in [0.2, 0.25) is 0 Å². The lowest BCUT2D eigenvalue weighted by Crippen LogP contribution is -2.60. The summed E-state index contributed by atoms with van der Waals surface area (Å²) in [5.74, 6) is -1.85. The zero-order valence-corrected chi connectivity index (χ0v) is 31.9. The molecule has 4 rings (SSSR count). The minimum atomic E-state index is -0.648. The predicted octanol–water partition coefficient (Wildman–Crippen LogP) is 6.87. The van der Waals surface area contributed by atoms with Gasteiger partial charge in [-0.25, -0.2) is 14.4 Å². The van der Waals surface area contributed by atoms with E-state index in [1.807, 2.05) is 27.7 Å². The summed E-state index contributed by atoms with van der Waals surface area (Å²) in [6.45, 7) is 24.7. The lowest BCUT2D eigenvalue weighted by molar-refractivity contribution is -0.256. The van der Waals surface area contributed by atoms with E-state index in [1.54, 1.807) is 0 Å². The molecule has 3 saturated heterocycles. The first kappa shape index (κ1) is 38.3. The van der Waals surface area contributed by atoms with E-state index in [4.69, 9.17) is 14.2 Å². The third-order valence-electron chi connectivity index (χ3n) is 11.6. The molecule has 0 atom stereocenters. The van der Waals surface area contributed by atoms with Crippen molar-refractivity contribution in [3.8, 4) is 0 Å². The lowest BCUT2D eigenvalue weighted by Gasteiger charge is -2.53. The molecule has 3 aliphatic heterocycles. The largest absolute Gasteiger partial charge is 0.459 e. The number of carbonyl (C=O) groups is 3. The van der Waals surface area contributed by atoms with Crippen LogP contribution in [0.15, 0.2) is 18.2 Å². The fraction of sp³-hybridized carbons (Fsp3) is 0.763. The maximum atomic E-state index is 13.8. The molecule has 0 unspecified atom stereocenters. The highest BCUT2D eigenvalue weighted by Gasteiger charge is 2.48. The Morgan fingerprint density at radius 1 is 0.500 bits per heavy atom. The number of nitrogens with zero attached hydrogens (tertiary/aromatic N) is 3. The summed E-state index contributed by atoms with van der Waals surface area (Å²) in [4.78, 5) is 45.9. The third kappa shape index (κ3) is 7.92. The average molecular weight is 672 g/mol. The molecular formula is C38H61N3O7. The summed E-state index contributed by atoms with van der Waals surface area (Å²) in [6.07, 6.45) is 2.24. The standard InChI is InChI=1S/C38H61N3O7/c1-33(2)18-27(19-34(3,4)39(33)13)46-30(42)24-15-25(31(43)47-28-20-35(5,6)40(14)36(7,8)21-28)17-26(16-24)32(44)48-29-22-37(9,10)41(45)38(11,12)23-29/h15-17,27-29,45H,18-23H2,1-14H3. The van der Waals surface area contributed by atoms with Crippen molar-refractivity contribution in [1.29, 1.82) is 0 Å². The number of hydrogen-bond acceptors (Lipinski definition) is 10. The second-order valence-corrected chi connectivity index (χ2v) is 18.4. The van der Waals surface area contributed by atoms with Crippen LogP contribution in [0.3, 0.4) is 0 Å². The van der Waals surface area contributed by atoms with Gasteiger partial charge >= 0.3 is 17.9 Å². The monoisotopic (exact) mass is 671 g/mol. The Morgan fingerprint density at radius 3 is 0.938 bits per heavy atom. The zero-order chi connectivity index (χ0) is 36.4. The van der Waals surface area contributed by atoms with Gasteiger partial charge in [0.05, 0.1) is 16.7 Å². The smallest absolute Gasteiger partial charge is 0.338 e. The summed E-state index contributed by atoms with van der Waals surface area (Å²) in [5.41, 5.74) is -1.78. The number of benzene rings is 1. The maximum absolute atomic E-state index is 13.8. The van der Waals surface area contributed by atoms with E-state index in [2.05, 4.69) is 79.3 Å². The fourth-order valence-corrected chi connectivity index (χ4v) is 8.63. The highest BCUT2D eigenvalue weighted by molar-refractivity contribution is 6.00. The molecule has 1 N–H and O–H groups in total. The van der Waals surface area contributed by atoms with E-state index in [0.717, 1.165) is 0 Å². The summed E-state index contributed by atoms with van der Waals surface area (Å²) in [7, 11) is 4.18. The van der Waals surface area contributed by atoms with Gasteiger partial charge in [-0.3, -0.25) is 9.80 Å². The van der Waals surface area contributed by atoms with Gasteiger partial charge < -0.3 is 19.4 Å². The van der Waals surface area contributed by atoms with Gasteiger partial charge in [-0.05, 0) is 115 Å². The highest BCUT2D eigenvalue weighted by atomic mass is 16.6. The molecule has 10 heteroatoms. The molecule has 0 radical (unpaired) electrons. The normalized spacial score (nSPS) is 26.1. The Morgan fingerprint density at radius 2 is 0.708 bits per heavy atom. The molecule has 10 nitrogen and oxygen atoms in total. The molecule has 1 aromatic rings. The van der Waals surface area contributed by atoms with E-state index < -0.39 is 35.1 Å². The van der Waals surface area contributed by atoms with Gasteiger partial charge in [-0.1, -0.05) is 0 Å². The number of esters is 3. The lowest BCUT2D eigenvalue weighted by atomic mass is 9.78. The fourth-order valence-electron chi connectivity index (χ4n) is 8.63. The Hall–Kier alpha value is -2.53. The van der Waals surface area contributed by atoms with Crippen LogP contribution in [-0.4, -0.2) is 104 Å². The first-order valence-corrected chi connectivity index (χ1v) is 17.4. The SMILES string of the molecule is CN1C(C)(C)CC(OC(=O)c2cc(C(=O)OC3CC(C)(C)N(C)C(C)(C)C3)cc(C(=O)OC3CC(C)(C)N(O)C(C)(C)C3)c2)CC1(C)C. The molecule has 0 amide bonds. The average Bonchev–Trinajstić information content (AvgIpc) is 2.92. The van der Waals surface area contributed by atoms with E-state index in [9.17, 15) is 19.6 Å². The summed E-state index contributed by atoms with van der Waals surface area (Å²) in [6, 6.07) is 4.37. The van der Waals surface area contributed by atoms with Gasteiger partial charge in [0.15, 0.2) is 0 Å². The molecule has 0 bridgehead atoms. The number of piperidine rings is 3. The second kappa shape index (κ2) is 12.7. The molecule has 270 valence electrons. The summed E-state index contributed by atoms with van der Waals surface area (Å²) < 4.78 is 18.2. The van der Waals surface area contributed by atoms with E-state index in [1.165, 1.54) is 23.3 Å². The Labute approximate surface area is 288 Å². The van der Waals surface area contributed by atoms with Crippen molar-refractivity contribution >= 4 is 17.9 Å². The van der Waals surface area contributed by atoms with Crippen LogP contribution in [0.1, 0.15) is 153 Å². The number of likely N-dealkylation sites (tertiary alicyclic amines) is 2. The van der Waals surface area contributed by atoms with Gasteiger partial charge in [-0.15, -0.1) is 0 Å². The van der Waals surface area contributed by atoms with E-state index >= 15 is 0 Å². The Balaban J connectivity index is 1.64. The van der Waals surface area contributed by atoms with E-state index in [0.29, 0.717) is 38.5 Å². The number of carbonyl (C=O) groups excluding carboxylic acids is 3. The Kier molecular flexibility index (Phi) is 10.1. The minimum absolute atomic E-state index is 0.0755. The van der Waals surface area contributed by atoms with Crippen LogP contribution in [0.4, 0.5) is 0 Å². The van der Waals surface area contributed by atoms with Gasteiger partial charge in [0.25, 0.3) is 0 Å². The van der Waals surface area contributed by atoms with Gasteiger partial charge in [-0.2, -0.15) is 5.06 Å². The van der Waals surface area contributed by atoms with Crippen molar-refractivity contribution in [2.75, 3.05) is 14.1 Å². The van der Waals surface area contributed by atoms with Crippen molar-refractivity contribution in [2.24, 2.45) is 0 Å². The van der Waals surface area contributed by atoms with E-state index in [-0.39, 0.29) is 51.1 Å². The van der Waals surface area contributed by atoms with Crippen LogP contribution in [0.25, 0.3) is 0 Å². The van der Waals surface area contributed by atoms with Gasteiger partial charge in [0.1, 0.15) is 18.3 Å². The summed E-state index contributed by atoms with van der Waals surface area (Å²) >= 11 is 0. The maximum Gasteiger partial charge on any atom is 0.338 e. The first-order chi connectivity index (χ1) is 21.7. The minimum Gasteiger partial charge on any atom is -0.459 e.